The van der Waals surface area contributed by atoms with Crippen LogP contribution in [0.3, 0.4) is 0 Å². The Morgan fingerprint density at radius 2 is 2.06 bits per heavy atom. The molecule has 3 aromatic heterocycles. The molecule has 1 saturated heterocycles. The fourth-order valence-corrected chi connectivity index (χ4v) is 4.01. The fourth-order valence-electron chi connectivity index (χ4n) is 4.01. The number of amides is 1. The van der Waals surface area contributed by atoms with Gasteiger partial charge in [-0.1, -0.05) is 0 Å². The zero-order valence-corrected chi connectivity index (χ0v) is 19.2. The van der Waals surface area contributed by atoms with Gasteiger partial charge in [0.2, 0.25) is 17.5 Å². The van der Waals surface area contributed by atoms with Crippen molar-refractivity contribution in [1.82, 2.24) is 14.5 Å². The summed E-state index contributed by atoms with van der Waals surface area (Å²) in [7, 11) is 1.92. The first-order valence-corrected chi connectivity index (χ1v) is 11.3. The summed E-state index contributed by atoms with van der Waals surface area (Å²) in [6.07, 6.45) is 6.40. The summed E-state index contributed by atoms with van der Waals surface area (Å²) < 4.78 is 18.8. The molecule has 1 fully saturated rings. The van der Waals surface area contributed by atoms with E-state index in [-0.39, 0.29) is 23.4 Å². The van der Waals surface area contributed by atoms with Gasteiger partial charge in [0.25, 0.3) is 5.89 Å². The lowest BCUT2D eigenvalue weighted by molar-refractivity contribution is -0.120. The molecule has 0 bridgehead atoms. The number of aryl methyl sites for hydroxylation is 1. The fraction of sp³-hybridized carbons (Fsp3) is 0.280. The Morgan fingerprint density at radius 3 is 2.71 bits per heavy atom. The number of nitrogens with one attached hydrogen (secondary N) is 1. The van der Waals surface area contributed by atoms with Gasteiger partial charge in [-0.3, -0.25) is 4.79 Å². The molecule has 0 radical (unpaired) electrons. The van der Waals surface area contributed by atoms with E-state index in [4.69, 9.17) is 13.6 Å². The summed E-state index contributed by atoms with van der Waals surface area (Å²) in [6.45, 7) is 1.54. The number of anilines is 2. The van der Waals surface area contributed by atoms with E-state index in [1.54, 1.807) is 18.3 Å². The van der Waals surface area contributed by atoms with Gasteiger partial charge in [-0.05, 0) is 49.2 Å². The van der Waals surface area contributed by atoms with Gasteiger partial charge in [-0.25, -0.2) is 4.98 Å². The molecule has 0 unspecified atom stereocenters. The van der Waals surface area contributed by atoms with Crippen LogP contribution in [0.25, 0.3) is 11.7 Å². The van der Waals surface area contributed by atoms with Crippen LogP contribution in [-0.4, -0.2) is 33.5 Å². The van der Waals surface area contributed by atoms with E-state index in [2.05, 4.69) is 21.4 Å². The second-order valence-corrected chi connectivity index (χ2v) is 8.28. The standard InChI is InChI=1S/C25H24N6O4/c1-30-13-10-27-22(30)16-34-19-6-4-18(5-7-19)28-23(32)17-8-11-31(12-9-17)25-20(15-26)29-24(35-25)21-3-2-14-33-21/h2-7,10,13-14,17H,8-9,11-12,16H2,1H3,(H,28,32). The molecule has 1 aromatic carbocycles. The highest BCUT2D eigenvalue weighted by molar-refractivity contribution is 5.92. The summed E-state index contributed by atoms with van der Waals surface area (Å²) in [5, 5.41) is 12.5. The van der Waals surface area contributed by atoms with Crippen LogP contribution >= 0.6 is 0 Å². The van der Waals surface area contributed by atoms with Crippen molar-refractivity contribution in [2.45, 2.75) is 19.4 Å². The van der Waals surface area contributed by atoms with Crippen molar-refractivity contribution in [2.75, 3.05) is 23.3 Å². The summed E-state index contributed by atoms with van der Waals surface area (Å²) in [4.78, 5) is 23.3. The quantitative estimate of drug-likeness (QED) is 0.429. The number of piperidine rings is 1. The highest BCUT2D eigenvalue weighted by atomic mass is 16.5. The van der Waals surface area contributed by atoms with Crippen LogP contribution in [0, 0.1) is 17.2 Å². The number of benzene rings is 1. The molecule has 1 amide bonds. The number of hydrogen-bond donors (Lipinski definition) is 1. The second kappa shape index (κ2) is 9.77. The molecule has 0 atom stereocenters. The third-order valence-electron chi connectivity index (χ3n) is 6.01. The van der Waals surface area contributed by atoms with Crippen LogP contribution in [0.1, 0.15) is 24.4 Å². The summed E-state index contributed by atoms with van der Waals surface area (Å²) in [5.41, 5.74) is 0.927. The molecule has 4 heterocycles. The average Bonchev–Trinajstić information content (AvgIpc) is 3.64. The second-order valence-electron chi connectivity index (χ2n) is 8.28. The van der Waals surface area contributed by atoms with Crippen LogP contribution in [0.15, 0.2) is 63.9 Å². The number of nitriles is 1. The number of carbonyl (C=O) groups is 1. The molecule has 1 aliphatic heterocycles. The lowest BCUT2D eigenvalue weighted by atomic mass is 9.96. The molecule has 0 aliphatic carbocycles. The van der Waals surface area contributed by atoms with Crippen molar-refractivity contribution in [3.05, 3.63) is 66.6 Å². The number of ether oxygens (including phenoxy) is 1. The molecule has 5 rings (SSSR count). The molecule has 1 aliphatic rings. The van der Waals surface area contributed by atoms with E-state index in [9.17, 15) is 10.1 Å². The normalized spacial score (nSPS) is 14.0. The Balaban J connectivity index is 1.14. The lowest BCUT2D eigenvalue weighted by Gasteiger charge is -2.30. The Morgan fingerprint density at radius 1 is 1.26 bits per heavy atom. The zero-order chi connectivity index (χ0) is 24.2. The molecular formula is C25H24N6O4. The average molecular weight is 473 g/mol. The maximum absolute atomic E-state index is 12.8. The molecule has 0 saturated carbocycles. The van der Waals surface area contributed by atoms with Crippen molar-refractivity contribution in [3.63, 3.8) is 0 Å². The van der Waals surface area contributed by atoms with Gasteiger partial charge in [0.15, 0.2) is 5.76 Å². The van der Waals surface area contributed by atoms with Gasteiger partial charge in [0.1, 0.15) is 24.3 Å². The highest BCUT2D eigenvalue weighted by Gasteiger charge is 2.29. The van der Waals surface area contributed by atoms with Gasteiger partial charge >= 0.3 is 0 Å². The molecule has 10 nitrogen and oxygen atoms in total. The minimum atomic E-state index is -0.136. The Labute approximate surface area is 201 Å². The van der Waals surface area contributed by atoms with Crippen LogP contribution in [0.2, 0.25) is 0 Å². The first-order valence-electron chi connectivity index (χ1n) is 11.3. The van der Waals surface area contributed by atoms with Gasteiger partial charge in [-0.2, -0.15) is 10.2 Å². The molecule has 0 spiro atoms. The predicted molar refractivity (Wildman–Crippen MR) is 126 cm³/mol. The number of oxazole rings is 1. The lowest BCUT2D eigenvalue weighted by Crippen LogP contribution is -2.38. The van der Waals surface area contributed by atoms with Crippen molar-refractivity contribution >= 4 is 17.5 Å². The van der Waals surface area contributed by atoms with Gasteiger partial charge < -0.3 is 28.4 Å². The van der Waals surface area contributed by atoms with Crippen molar-refractivity contribution in [3.8, 4) is 23.5 Å². The van der Waals surface area contributed by atoms with E-state index in [1.807, 2.05) is 47.0 Å². The minimum absolute atomic E-state index is 0.0271. The van der Waals surface area contributed by atoms with Crippen molar-refractivity contribution in [2.24, 2.45) is 13.0 Å². The predicted octanol–water partition coefficient (Wildman–Crippen LogP) is 3.97. The van der Waals surface area contributed by atoms with E-state index in [0.29, 0.717) is 55.6 Å². The van der Waals surface area contributed by atoms with Gasteiger partial charge in [0.05, 0.1) is 6.26 Å². The smallest absolute Gasteiger partial charge is 0.266 e. The number of carbonyl (C=O) groups excluding carboxylic acids is 1. The van der Waals surface area contributed by atoms with E-state index in [1.165, 1.54) is 6.26 Å². The third-order valence-corrected chi connectivity index (χ3v) is 6.01. The largest absolute Gasteiger partial charge is 0.486 e. The summed E-state index contributed by atoms with van der Waals surface area (Å²) in [6, 6.07) is 12.8. The maximum atomic E-state index is 12.8. The molecule has 4 aromatic rings. The molecule has 178 valence electrons. The third kappa shape index (κ3) is 4.89. The SMILES string of the molecule is Cn1ccnc1COc1ccc(NC(=O)C2CCN(c3oc(-c4ccco4)nc3C#N)CC2)cc1. The Bertz CT molecular complexity index is 1330. The van der Waals surface area contributed by atoms with Crippen LogP contribution in [0.4, 0.5) is 11.6 Å². The van der Waals surface area contributed by atoms with Crippen molar-refractivity contribution in [1.29, 1.82) is 5.26 Å². The molecule has 1 N–H and O–H groups in total. The first-order chi connectivity index (χ1) is 17.1. The molecular weight excluding hydrogens is 448 g/mol. The topological polar surface area (TPSA) is 122 Å². The first kappa shape index (κ1) is 22.3. The van der Waals surface area contributed by atoms with Crippen LogP contribution in [-0.2, 0) is 18.4 Å². The number of furan rings is 1. The van der Waals surface area contributed by atoms with E-state index >= 15 is 0 Å². The van der Waals surface area contributed by atoms with Gasteiger partial charge in [0, 0.05) is 44.1 Å². The molecule has 10 heteroatoms. The maximum Gasteiger partial charge on any atom is 0.266 e. The number of hydrogen-bond acceptors (Lipinski definition) is 8. The van der Waals surface area contributed by atoms with Gasteiger partial charge in [-0.15, -0.1) is 0 Å². The Hall–Kier alpha value is -4.52. The zero-order valence-electron chi connectivity index (χ0n) is 19.2. The van der Waals surface area contributed by atoms with Crippen LogP contribution in [0.5, 0.6) is 5.75 Å². The number of aromatic nitrogens is 3. The monoisotopic (exact) mass is 472 g/mol. The minimum Gasteiger partial charge on any atom is -0.486 e. The molecule has 35 heavy (non-hydrogen) atoms. The summed E-state index contributed by atoms with van der Waals surface area (Å²) in [5.74, 6) is 2.53. The Kier molecular flexibility index (Phi) is 6.22. The number of nitrogens with zero attached hydrogens (tertiary/aromatic N) is 5. The van der Waals surface area contributed by atoms with Crippen molar-refractivity contribution < 1.29 is 18.4 Å². The highest BCUT2D eigenvalue weighted by Crippen LogP contribution is 2.31. The number of rotatable bonds is 7. The summed E-state index contributed by atoms with van der Waals surface area (Å²) >= 11 is 0. The van der Waals surface area contributed by atoms with Crippen LogP contribution < -0.4 is 15.0 Å². The van der Waals surface area contributed by atoms with E-state index < -0.39 is 0 Å². The van der Waals surface area contributed by atoms with E-state index in [0.717, 1.165) is 5.82 Å². The number of imidazole rings is 1.